The van der Waals surface area contributed by atoms with Crippen molar-refractivity contribution in [3.8, 4) is 17.2 Å². The zero-order valence-corrected chi connectivity index (χ0v) is 10.4. The molecule has 0 fully saturated rings. The summed E-state index contributed by atoms with van der Waals surface area (Å²) in [6.45, 7) is 0. The molecule has 1 unspecified atom stereocenters. The fraction of sp³-hybridized carbons (Fsp3) is 0.133. The van der Waals surface area contributed by atoms with Gasteiger partial charge in [0.25, 0.3) is 0 Å². The lowest BCUT2D eigenvalue weighted by molar-refractivity contribution is 0.0211. The fourth-order valence-electron chi connectivity index (χ4n) is 2.31. The van der Waals surface area contributed by atoms with E-state index in [1.54, 1.807) is 24.3 Å². The number of aliphatic hydroxyl groups excluding tert-OH is 1. The number of phenols is 2. The van der Waals surface area contributed by atoms with Crippen molar-refractivity contribution in [2.45, 2.75) is 12.2 Å². The minimum absolute atomic E-state index is 0.0617. The summed E-state index contributed by atoms with van der Waals surface area (Å²) in [4.78, 5) is 12.2. The number of hydrogen-bond acceptors (Lipinski definition) is 5. The van der Waals surface area contributed by atoms with Gasteiger partial charge in [0.05, 0.1) is 0 Å². The van der Waals surface area contributed by atoms with Crippen LogP contribution in [0.15, 0.2) is 42.5 Å². The first kappa shape index (κ1) is 12.5. The van der Waals surface area contributed by atoms with Gasteiger partial charge in [-0.3, -0.25) is 4.79 Å². The van der Waals surface area contributed by atoms with Crippen LogP contribution >= 0.6 is 0 Å². The van der Waals surface area contributed by atoms with E-state index in [1.807, 2.05) is 6.07 Å². The van der Waals surface area contributed by atoms with Gasteiger partial charge in [0.2, 0.25) is 5.78 Å². The second kappa shape index (κ2) is 4.54. The molecule has 0 bridgehead atoms. The Morgan fingerprint density at radius 3 is 2.45 bits per heavy atom. The number of aliphatic hydroxyl groups is 1. The molecule has 2 aromatic rings. The van der Waals surface area contributed by atoms with Crippen LogP contribution in [-0.4, -0.2) is 27.2 Å². The first-order valence-corrected chi connectivity index (χ1v) is 6.08. The monoisotopic (exact) mass is 272 g/mol. The summed E-state index contributed by atoms with van der Waals surface area (Å²) in [6, 6.07) is 11.1. The number of carbonyl (C=O) groups excluding carboxylic acids is 1. The van der Waals surface area contributed by atoms with E-state index in [4.69, 9.17) is 4.74 Å². The van der Waals surface area contributed by atoms with Crippen LogP contribution < -0.4 is 4.74 Å². The predicted molar refractivity (Wildman–Crippen MR) is 69.9 cm³/mol. The first-order chi connectivity index (χ1) is 9.58. The van der Waals surface area contributed by atoms with Crippen molar-refractivity contribution < 1.29 is 24.9 Å². The van der Waals surface area contributed by atoms with Crippen LogP contribution in [0.4, 0.5) is 0 Å². The molecule has 1 aliphatic heterocycles. The first-order valence-electron chi connectivity index (χ1n) is 6.08. The Morgan fingerprint density at radius 1 is 1.05 bits per heavy atom. The highest BCUT2D eigenvalue weighted by atomic mass is 16.5. The van der Waals surface area contributed by atoms with Gasteiger partial charge in [0.1, 0.15) is 22.8 Å². The SMILES string of the molecule is O=C1c2c(O)cc(O)cc2O[C@H](c2ccccc2)C1O. The van der Waals surface area contributed by atoms with Gasteiger partial charge in [-0.1, -0.05) is 30.3 Å². The number of carbonyl (C=O) groups is 1. The normalized spacial score (nSPS) is 21.1. The highest BCUT2D eigenvalue weighted by molar-refractivity contribution is 6.05. The smallest absolute Gasteiger partial charge is 0.202 e. The molecule has 0 saturated carbocycles. The molecule has 0 spiro atoms. The second-order valence-electron chi connectivity index (χ2n) is 4.60. The average Bonchev–Trinajstić information content (AvgIpc) is 2.43. The van der Waals surface area contributed by atoms with Crippen molar-refractivity contribution in [2.75, 3.05) is 0 Å². The van der Waals surface area contributed by atoms with E-state index in [0.717, 1.165) is 6.07 Å². The molecule has 2 atom stereocenters. The van der Waals surface area contributed by atoms with Crippen LogP contribution in [0.1, 0.15) is 22.0 Å². The minimum Gasteiger partial charge on any atom is -0.508 e. The summed E-state index contributed by atoms with van der Waals surface area (Å²) in [7, 11) is 0. The standard InChI is InChI=1S/C15H12O5/c16-9-6-10(17)12-11(7-9)20-15(14(19)13(12)18)8-4-2-1-3-5-8/h1-7,14-17,19H/t14?,15-/m1/s1. The van der Waals surface area contributed by atoms with Gasteiger partial charge >= 0.3 is 0 Å². The topological polar surface area (TPSA) is 87.0 Å². The van der Waals surface area contributed by atoms with Crippen molar-refractivity contribution in [2.24, 2.45) is 0 Å². The molecule has 0 saturated heterocycles. The van der Waals surface area contributed by atoms with E-state index in [-0.39, 0.29) is 17.1 Å². The largest absolute Gasteiger partial charge is 0.508 e. The van der Waals surface area contributed by atoms with Crippen LogP contribution in [0.3, 0.4) is 0 Å². The summed E-state index contributed by atoms with van der Waals surface area (Å²) in [5.74, 6) is -1.18. The molecule has 102 valence electrons. The van der Waals surface area contributed by atoms with Crippen molar-refractivity contribution in [1.82, 2.24) is 0 Å². The molecule has 0 radical (unpaired) electrons. The third-order valence-electron chi connectivity index (χ3n) is 3.25. The molecular formula is C15H12O5. The molecule has 0 aliphatic carbocycles. The maximum absolute atomic E-state index is 12.2. The van der Waals surface area contributed by atoms with Gasteiger partial charge in [-0.25, -0.2) is 0 Å². The van der Waals surface area contributed by atoms with Crippen LogP contribution in [0.25, 0.3) is 0 Å². The number of Topliss-reactive ketones (excluding diaryl/α,β-unsaturated/α-hetero) is 1. The number of hydrogen-bond donors (Lipinski definition) is 3. The van der Waals surface area contributed by atoms with E-state index in [2.05, 4.69) is 0 Å². The average molecular weight is 272 g/mol. The van der Waals surface area contributed by atoms with Crippen LogP contribution in [0, 0.1) is 0 Å². The van der Waals surface area contributed by atoms with Crippen LogP contribution in [-0.2, 0) is 0 Å². The highest BCUT2D eigenvalue weighted by Crippen LogP contribution is 2.41. The lowest BCUT2D eigenvalue weighted by atomic mass is 9.93. The number of benzene rings is 2. The molecule has 0 aromatic heterocycles. The maximum Gasteiger partial charge on any atom is 0.202 e. The lowest BCUT2D eigenvalue weighted by Gasteiger charge is -2.30. The van der Waals surface area contributed by atoms with E-state index in [1.165, 1.54) is 6.07 Å². The fourth-order valence-corrected chi connectivity index (χ4v) is 2.31. The van der Waals surface area contributed by atoms with E-state index < -0.39 is 23.7 Å². The van der Waals surface area contributed by atoms with Gasteiger partial charge in [0, 0.05) is 12.1 Å². The Labute approximate surface area is 114 Å². The number of aromatic hydroxyl groups is 2. The molecule has 5 heteroatoms. The third-order valence-corrected chi connectivity index (χ3v) is 3.25. The van der Waals surface area contributed by atoms with Gasteiger partial charge < -0.3 is 20.1 Å². The van der Waals surface area contributed by atoms with E-state index in [0.29, 0.717) is 5.56 Å². The Balaban J connectivity index is 2.09. The molecule has 5 nitrogen and oxygen atoms in total. The number of ketones is 1. The van der Waals surface area contributed by atoms with Crippen LogP contribution in [0.5, 0.6) is 17.2 Å². The van der Waals surface area contributed by atoms with Crippen LogP contribution in [0.2, 0.25) is 0 Å². The number of fused-ring (bicyclic) bond motifs is 1. The number of rotatable bonds is 1. The molecule has 1 aliphatic rings. The Kier molecular flexibility index (Phi) is 2.84. The Bertz CT molecular complexity index is 665. The zero-order valence-electron chi connectivity index (χ0n) is 10.4. The molecule has 2 aromatic carbocycles. The van der Waals surface area contributed by atoms with Crippen molar-refractivity contribution in [3.05, 3.63) is 53.6 Å². The summed E-state index contributed by atoms with van der Waals surface area (Å²) >= 11 is 0. The number of ether oxygens (including phenoxy) is 1. The Morgan fingerprint density at radius 2 is 1.75 bits per heavy atom. The summed E-state index contributed by atoms with van der Waals surface area (Å²) in [5, 5.41) is 29.3. The molecule has 0 amide bonds. The Hall–Kier alpha value is -2.53. The number of phenolic OH excluding ortho intramolecular Hbond substituents is 2. The maximum atomic E-state index is 12.2. The molecule has 3 N–H and O–H groups in total. The molecular weight excluding hydrogens is 260 g/mol. The zero-order chi connectivity index (χ0) is 14.3. The third kappa shape index (κ3) is 1.88. The lowest BCUT2D eigenvalue weighted by Crippen LogP contribution is -2.36. The van der Waals surface area contributed by atoms with Crippen molar-refractivity contribution >= 4 is 5.78 Å². The van der Waals surface area contributed by atoms with Gasteiger partial charge in [-0.2, -0.15) is 0 Å². The summed E-state index contributed by atoms with van der Waals surface area (Å²) < 4.78 is 5.57. The minimum atomic E-state index is -1.40. The summed E-state index contributed by atoms with van der Waals surface area (Å²) in [6.07, 6.45) is -2.27. The molecule has 20 heavy (non-hydrogen) atoms. The van der Waals surface area contributed by atoms with Gasteiger partial charge in [0.15, 0.2) is 12.2 Å². The van der Waals surface area contributed by atoms with Crippen molar-refractivity contribution in [1.29, 1.82) is 0 Å². The quantitative estimate of drug-likeness (QED) is 0.736. The highest BCUT2D eigenvalue weighted by Gasteiger charge is 2.38. The van der Waals surface area contributed by atoms with Crippen molar-refractivity contribution in [3.63, 3.8) is 0 Å². The van der Waals surface area contributed by atoms with Gasteiger partial charge in [-0.15, -0.1) is 0 Å². The molecule has 3 rings (SSSR count). The second-order valence-corrected chi connectivity index (χ2v) is 4.60. The van der Waals surface area contributed by atoms with E-state index in [9.17, 15) is 20.1 Å². The predicted octanol–water partition coefficient (Wildman–Crippen LogP) is 1.78. The van der Waals surface area contributed by atoms with E-state index >= 15 is 0 Å². The molecule has 1 heterocycles. The summed E-state index contributed by atoms with van der Waals surface area (Å²) in [5.41, 5.74) is 0.532. The van der Waals surface area contributed by atoms with Gasteiger partial charge in [-0.05, 0) is 5.56 Å².